The van der Waals surface area contributed by atoms with Crippen molar-refractivity contribution < 1.29 is 13.2 Å². The third-order valence-corrected chi connectivity index (χ3v) is 8.57. The summed E-state index contributed by atoms with van der Waals surface area (Å²) in [4.78, 5) is 24.9. The lowest BCUT2D eigenvalue weighted by atomic mass is 10.2. The van der Waals surface area contributed by atoms with Gasteiger partial charge in [0.1, 0.15) is 4.21 Å². The molecule has 31 heavy (non-hydrogen) atoms. The molecule has 1 aromatic carbocycles. The minimum atomic E-state index is -3.45. The quantitative estimate of drug-likeness (QED) is 0.591. The topological polar surface area (TPSA) is 88.5 Å². The van der Waals surface area contributed by atoms with Crippen LogP contribution in [0.15, 0.2) is 69.8 Å². The number of anilines is 1. The predicted molar refractivity (Wildman–Crippen MR) is 121 cm³/mol. The van der Waals surface area contributed by atoms with E-state index in [1.807, 2.05) is 18.2 Å². The van der Waals surface area contributed by atoms with Gasteiger partial charge in [0.05, 0.1) is 13.0 Å². The Morgan fingerprint density at radius 1 is 1.00 bits per heavy atom. The van der Waals surface area contributed by atoms with E-state index in [4.69, 9.17) is 0 Å². The molecule has 0 aliphatic carbocycles. The number of benzene rings is 1. The smallest absolute Gasteiger partial charge is 0.252 e. The highest BCUT2D eigenvalue weighted by atomic mass is 32.2. The second-order valence-corrected chi connectivity index (χ2v) is 10.8. The first-order chi connectivity index (χ1) is 14.9. The summed E-state index contributed by atoms with van der Waals surface area (Å²) < 4.78 is 28.7. The highest BCUT2D eigenvalue weighted by Gasteiger charge is 2.28. The van der Waals surface area contributed by atoms with E-state index in [9.17, 15) is 18.0 Å². The molecule has 4 rings (SSSR count). The van der Waals surface area contributed by atoms with E-state index in [2.05, 4.69) is 5.32 Å². The first-order valence-electron chi connectivity index (χ1n) is 10.0. The number of nitrogens with one attached hydrogen (secondary N) is 1. The van der Waals surface area contributed by atoms with Gasteiger partial charge in [0.15, 0.2) is 0 Å². The van der Waals surface area contributed by atoms with E-state index in [1.165, 1.54) is 10.4 Å². The van der Waals surface area contributed by atoms with E-state index in [0.717, 1.165) is 29.7 Å². The van der Waals surface area contributed by atoms with Crippen LogP contribution in [0.25, 0.3) is 0 Å². The van der Waals surface area contributed by atoms with Crippen LogP contribution < -0.4 is 10.9 Å². The lowest BCUT2D eigenvalue weighted by Crippen LogP contribution is -2.27. The normalized spacial score (nSPS) is 14.6. The summed E-state index contributed by atoms with van der Waals surface area (Å²) >= 11 is 1.15. The third kappa shape index (κ3) is 5.12. The van der Waals surface area contributed by atoms with Crippen LogP contribution in [-0.4, -0.2) is 36.3 Å². The summed E-state index contributed by atoms with van der Waals surface area (Å²) in [6.45, 7) is 1.58. The minimum Gasteiger partial charge on any atom is -0.326 e. The van der Waals surface area contributed by atoms with Crippen LogP contribution in [-0.2, 0) is 27.8 Å². The maximum atomic E-state index is 12.6. The van der Waals surface area contributed by atoms with Crippen LogP contribution in [0.1, 0.15) is 23.3 Å². The first kappa shape index (κ1) is 21.5. The second-order valence-electron chi connectivity index (χ2n) is 7.42. The van der Waals surface area contributed by atoms with Crippen LogP contribution in [0, 0.1) is 0 Å². The lowest BCUT2D eigenvalue weighted by Gasteiger charge is -2.13. The van der Waals surface area contributed by atoms with Crippen LogP contribution in [0.4, 0.5) is 5.69 Å². The highest BCUT2D eigenvalue weighted by molar-refractivity contribution is 7.91. The Bertz CT molecular complexity index is 1220. The molecule has 0 atom stereocenters. The van der Waals surface area contributed by atoms with Crippen LogP contribution >= 0.6 is 11.3 Å². The number of hydrogen-bond acceptors (Lipinski definition) is 5. The molecule has 162 valence electrons. The Kier molecular flexibility index (Phi) is 6.35. The molecule has 7 nitrogen and oxygen atoms in total. The van der Waals surface area contributed by atoms with Gasteiger partial charge >= 0.3 is 0 Å². The van der Waals surface area contributed by atoms with Crippen LogP contribution in [0.5, 0.6) is 0 Å². The molecule has 0 bridgehead atoms. The number of carbonyl (C=O) groups excluding carboxylic acids is 1. The van der Waals surface area contributed by atoms with Gasteiger partial charge < -0.3 is 9.88 Å². The summed E-state index contributed by atoms with van der Waals surface area (Å²) in [6.07, 6.45) is 3.63. The van der Waals surface area contributed by atoms with E-state index in [0.29, 0.717) is 30.2 Å². The van der Waals surface area contributed by atoms with E-state index >= 15 is 0 Å². The molecular formula is C22H23N3O4S2. The molecule has 3 aromatic rings. The average Bonchev–Trinajstić information content (AvgIpc) is 3.44. The average molecular weight is 458 g/mol. The number of aromatic nitrogens is 1. The molecule has 9 heteroatoms. The molecule has 0 spiro atoms. The third-order valence-electron chi connectivity index (χ3n) is 5.12. The number of rotatable bonds is 7. The fourth-order valence-corrected chi connectivity index (χ4v) is 6.52. The first-order valence-corrected chi connectivity index (χ1v) is 12.3. The minimum absolute atomic E-state index is 0.0676. The van der Waals surface area contributed by atoms with Crippen LogP contribution in [0.3, 0.4) is 0 Å². The van der Waals surface area contributed by atoms with Crippen LogP contribution in [0.2, 0.25) is 0 Å². The van der Waals surface area contributed by atoms with Crippen molar-refractivity contribution in [2.24, 2.45) is 0 Å². The molecule has 1 N–H and O–H groups in total. The highest BCUT2D eigenvalue weighted by Crippen LogP contribution is 2.27. The molecule has 2 aromatic heterocycles. The van der Waals surface area contributed by atoms with Crippen molar-refractivity contribution in [2.45, 2.75) is 30.0 Å². The van der Waals surface area contributed by atoms with Gasteiger partial charge in [0.25, 0.3) is 15.6 Å². The summed E-state index contributed by atoms with van der Waals surface area (Å²) in [6, 6.07) is 15.6. The van der Waals surface area contributed by atoms with Gasteiger partial charge in [-0.1, -0.05) is 18.2 Å². The molecule has 0 unspecified atom stereocenters. The molecule has 0 radical (unpaired) electrons. The molecular weight excluding hydrogens is 434 g/mol. The van der Waals surface area contributed by atoms with E-state index in [-0.39, 0.29) is 22.1 Å². The Hall–Kier alpha value is -2.75. The van der Waals surface area contributed by atoms with E-state index in [1.54, 1.807) is 41.1 Å². The van der Waals surface area contributed by atoms with Crippen molar-refractivity contribution in [3.05, 3.63) is 81.6 Å². The Morgan fingerprint density at radius 3 is 2.45 bits per heavy atom. The summed E-state index contributed by atoms with van der Waals surface area (Å²) in [5.74, 6) is -0.209. The van der Waals surface area contributed by atoms with Gasteiger partial charge in [0, 0.05) is 35.9 Å². The van der Waals surface area contributed by atoms with Gasteiger partial charge in [-0.05, 0) is 48.7 Å². The molecule has 1 amide bonds. The number of pyridine rings is 1. The fourth-order valence-electron chi connectivity index (χ4n) is 3.49. The number of sulfonamides is 1. The Morgan fingerprint density at radius 2 is 1.74 bits per heavy atom. The van der Waals surface area contributed by atoms with Crippen molar-refractivity contribution in [3.8, 4) is 0 Å². The zero-order valence-electron chi connectivity index (χ0n) is 16.9. The van der Waals surface area contributed by atoms with Crippen molar-refractivity contribution in [1.29, 1.82) is 0 Å². The molecule has 3 heterocycles. The lowest BCUT2D eigenvalue weighted by molar-refractivity contribution is -0.115. The zero-order valence-corrected chi connectivity index (χ0v) is 18.5. The molecule has 1 aliphatic rings. The zero-order chi connectivity index (χ0) is 21.8. The number of thiophene rings is 1. The monoisotopic (exact) mass is 457 g/mol. The standard InChI is InChI=1S/C22H23N3O4S2/c26-20(15-19-10-11-22(30-19)31(28,29)25-13-3-4-14-25)23-18-8-6-17(7-9-18)16-24-12-2-1-5-21(24)27/h1-2,5-12H,3-4,13-16H2,(H,23,26). The molecule has 1 saturated heterocycles. The summed E-state index contributed by atoms with van der Waals surface area (Å²) in [7, 11) is -3.45. The summed E-state index contributed by atoms with van der Waals surface area (Å²) in [5.41, 5.74) is 1.53. The number of hydrogen-bond donors (Lipinski definition) is 1. The maximum absolute atomic E-state index is 12.6. The van der Waals surface area contributed by atoms with Crippen molar-refractivity contribution in [2.75, 3.05) is 18.4 Å². The van der Waals surface area contributed by atoms with Gasteiger partial charge in [-0.15, -0.1) is 11.3 Å². The number of carbonyl (C=O) groups is 1. The van der Waals surface area contributed by atoms with Gasteiger partial charge in [-0.2, -0.15) is 4.31 Å². The summed E-state index contributed by atoms with van der Waals surface area (Å²) in [5, 5.41) is 2.84. The molecule has 1 aliphatic heterocycles. The van der Waals surface area contributed by atoms with E-state index < -0.39 is 10.0 Å². The molecule has 1 fully saturated rings. The largest absolute Gasteiger partial charge is 0.326 e. The van der Waals surface area contributed by atoms with Crippen molar-refractivity contribution in [1.82, 2.24) is 8.87 Å². The van der Waals surface area contributed by atoms with Gasteiger partial charge in [-0.3, -0.25) is 9.59 Å². The fraction of sp³-hybridized carbons (Fsp3) is 0.273. The van der Waals surface area contributed by atoms with Crippen molar-refractivity contribution in [3.63, 3.8) is 0 Å². The number of nitrogens with zero attached hydrogens (tertiary/aromatic N) is 2. The maximum Gasteiger partial charge on any atom is 0.252 e. The number of amides is 1. The van der Waals surface area contributed by atoms with Gasteiger partial charge in [0.2, 0.25) is 5.91 Å². The SMILES string of the molecule is O=C(Cc1ccc(S(=O)(=O)N2CCCC2)s1)Nc1ccc(Cn2ccccc2=O)cc1. The Labute approximate surface area is 185 Å². The second kappa shape index (κ2) is 9.17. The van der Waals surface area contributed by atoms with Crippen molar-refractivity contribution >= 4 is 33.0 Å². The predicted octanol–water partition coefficient (Wildman–Crippen LogP) is 2.92. The van der Waals surface area contributed by atoms with Gasteiger partial charge in [-0.25, -0.2) is 8.42 Å². The molecule has 0 saturated carbocycles. The Balaban J connectivity index is 1.35.